The van der Waals surface area contributed by atoms with Gasteiger partial charge in [0.05, 0.1) is 6.54 Å². The summed E-state index contributed by atoms with van der Waals surface area (Å²) in [5.74, 6) is -0.781. The van der Waals surface area contributed by atoms with Gasteiger partial charge in [0.2, 0.25) is 5.91 Å². The van der Waals surface area contributed by atoms with E-state index >= 15 is 0 Å². The van der Waals surface area contributed by atoms with E-state index in [0.717, 1.165) is 32.1 Å². The van der Waals surface area contributed by atoms with Crippen LogP contribution in [0.4, 0.5) is 0 Å². The summed E-state index contributed by atoms with van der Waals surface area (Å²) >= 11 is 0. The fourth-order valence-electron chi connectivity index (χ4n) is 3.65. The zero-order chi connectivity index (χ0) is 19.8. The second-order valence-electron chi connectivity index (χ2n) is 7.95. The molecule has 0 aromatic carbocycles. The molecular weight excluding hydrogens is 346 g/mol. The first kappa shape index (κ1) is 19.4. The molecule has 27 heavy (non-hydrogen) atoms. The summed E-state index contributed by atoms with van der Waals surface area (Å²) in [4.78, 5) is 39.6. The second kappa shape index (κ2) is 7.32. The molecule has 1 aromatic rings. The topological polar surface area (TPSA) is 96.3 Å². The van der Waals surface area contributed by atoms with Crippen molar-refractivity contribution in [2.75, 3.05) is 7.05 Å². The monoisotopic (exact) mass is 375 g/mol. The van der Waals surface area contributed by atoms with Gasteiger partial charge < -0.3 is 15.5 Å². The van der Waals surface area contributed by atoms with Crippen molar-refractivity contribution in [2.24, 2.45) is 0 Å². The molecule has 3 rings (SSSR count). The Morgan fingerprint density at radius 3 is 2.67 bits per heavy atom. The number of rotatable bonds is 5. The minimum atomic E-state index is -1.04. The molecule has 0 radical (unpaired) electrons. The van der Waals surface area contributed by atoms with Gasteiger partial charge in [-0.1, -0.05) is 19.8 Å². The van der Waals surface area contributed by atoms with E-state index in [4.69, 9.17) is 0 Å². The molecule has 1 fully saturated rings. The van der Waals surface area contributed by atoms with Crippen molar-refractivity contribution in [3.63, 3.8) is 0 Å². The maximum Gasteiger partial charge on any atom is 0.272 e. The van der Waals surface area contributed by atoms with Gasteiger partial charge in [0, 0.05) is 25.2 Å². The third-order valence-electron chi connectivity index (χ3n) is 5.90. The number of hydrogen-bond donors (Lipinski definition) is 2. The number of amides is 3. The van der Waals surface area contributed by atoms with Gasteiger partial charge in [-0.15, -0.1) is 0 Å². The molecule has 2 N–H and O–H groups in total. The van der Waals surface area contributed by atoms with E-state index in [1.165, 1.54) is 15.6 Å². The Bertz CT molecular complexity index is 753. The van der Waals surface area contributed by atoms with Crippen LogP contribution in [0.2, 0.25) is 0 Å². The van der Waals surface area contributed by atoms with Crippen molar-refractivity contribution < 1.29 is 14.4 Å². The van der Waals surface area contributed by atoms with Gasteiger partial charge in [0.15, 0.2) is 5.69 Å². The van der Waals surface area contributed by atoms with Crippen LogP contribution in [-0.2, 0) is 11.3 Å². The van der Waals surface area contributed by atoms with Crippen LogP contribution in [0.15, 0.2) is 6.07 Å². The molecule has 2 heterocycles. The van der Waals surface area contributed by atoms with Gasteiger partial charge in [-0.3, -0.25) is 19.1 Å². The number of carbonyl (C=O) groups excluding carboxylic acids is 3. The summed E-state index contributed by atoms with van der Waals surface area (Å²) in [5.41, 5.74) is -0.506. The van der Waals surface area contributed by atoms with Crippen molar-refractivity contribution in [3.05, 3.63) is 17.5 Å². The normalized spacial score (nSPS) is 23.9. The molecule has 1 aromatic heterocycles. The van der Waals surface area contributed by atoms with E-state index in [1.54, 1.807) is 14.0 Å². The van der Waals surface area contributed by atoms with E-state index in [2.05, 4.69) is 15.7 Å². The number of carbonyl (C=O) groups is 3. The lowest BCUT2D eigenvalue weighted by molar-refractivity contribution is -0.133. The van der Waals surface area contributed by atoms with Crippen molar-refractivity contribution in [2.45, 2.75) is 77.0 Å². The average Bonchev–Trinajstić information content (AvgIpc) is 3.29. The van der Waals surface area contributed by atoms with Crippen LogP contribution in [0.3, 0.4) is 0 Å². The third-order valence-corrected chi connectivity index (χ3v) is 5.90. The third kappa shape index (κ3) is 3.57. The van der Waals surface area contributed by atoms with Crippen LogP contribution in [0.1, 0.15) is 73.9 Å². The molecule has 2 atom stereocenters. The molecule has 3 amide bonds. The number of nitrogens with one attached hydrogen (secondary N) is 2. The predicted octanol–water partition coefficient (Wildman–Crippen LogP) is 1.31. The van der Waals surface area contributed by atoms with Gasteiger partial charge in [0.1, 0.15) is 11.2 Å². The van der Waals surface area contributed by atoms with Gasteiger partial charge >= 0.3 is 0 Å². The quantitative estimate of drug-likeness (QED) is 0.811. The summed E-state index contributed by atoms with van der Waals surface area (Å²) in [6.45, 7) is 5.87. The highest BCUT2D eigenvalue weighted by Gasteiger charge is 2.46. The summed E-state index contributed by atoms with van der Waals surface area (Å²) in [6, 6.07) is 1.70. The van der Waals surface area contributed by atoms with Crippen LogP contribution in [0.5, 0.6) is 0 Å². The number of hydrogen-bond acceptors (Lipinski definition) is 4. The van der Waals surface area contributed by atoms with Crippen LogP contribution in [0.25, 0.3) is 0 Å². The number of likely N-dealkylation sites (N-methyl/N-ethyl adjacent to an activating group) is 1. The van der Waals surface area contributed by atoms with Crippen LogP contribution in [-0.4, -0.2) is 57.1 Å². The molecule has 0 unspecified atom stereocenters. The molecule has 0 spiro atoms. The summed E-state index contributed by atoms with van der Waals surface area (Å²) < 4.78 is 1.49. The first-order valence-electron chi connectivity index (χ1n) is 9.74. The van der Waals surface area contributed by atoms with Gasteiger partial charge in [-0.25, -0.2) is 0 Å². The first-order chi connectivity index (χ1) is 12.8. The predicted molar refractivity (Wildman–Crippen MR) is 100 cm³/mol. The molecular formula is C19H29N5O3. The highest BCUT2D eigenvalue weighted by atomic mass is 16.2. The average molecular weight is 375 g/mol. The first-order valence-corrected chi connectivity index (χ1v) is 9.74. The number of aromatic nitrogens is 2. The largest absolute Gasteiger partial charge is 0.351 e. The minimum absolute atomic E-state index is 0.0251. The van der Waals surface area contributed by atoms with Crippen LogP contribution >= 0.6 is 0 Å². The van der Waals surface area contributed by atoms with Crippen molar-refractivity contribution in [1.29, 1.82) is 0 Å². The van der Waals surface area contributed by atoms with E-state index in [9.17, 15) is 14.4 Å². The zero-order valence-corrected chi connectivity index (χ0v) is 16.5. The maximum absolute atomic E-state index is 12.9. The summed E-state index contributed by atoms with van der Waals surface area (Å²) in [5, 5.41) is 10.2. The van der Waals surface area contributed by atoms with Gasteiger partial charge in [-0.2, -0.15) is 5.10 Å². The lowest BCUT2D eigenvalue weighted by Gasteiger charge is -2.41. The molecule has 0 saturated heterocycles. The summed E-state index contributed by atoms with van der Waals surface area (Å²) in [6.07, 6.45) is 5.00. The molecule has 1 aliphatic carbocycles. The van der Waals surface area contributed by atoms with Gasteiger partial charge in [0.25, 0.3) is 11.8 Å². The number of nitrogens with zero attached hydrogens (tertiary/aromatic N) is 3. The Hall–Kier alpha value is -2.38. The molecule has 148 valence electrons. The van der Waals surface area contributed by atoms with E-state index < -0.39 is 5.54 Å². The summed E-state index contributed by atoms with van der Waals surface area (Å²) in [7, 11) is 1.63. The Labute approximate surface area is 159 Å². The second-order valence-corrected chi connectivity index (χ2v) is 7.95. The molecule has 0 bridgehead atoms. The van der Waals surface area contributed by atoms with E-state index in [-0.39, 0.29) is 42.0 Å². The Morgan fingerprint density at radius 2 is 2.04 bits per heavy atom. The Kier molecular flexibility index (Phi) is 5.26. The highest BCUT2D eigenvalue weighted by molar-refractivity contribution is 6.01. The van der Waals surface area contributed by atoms with Crippen LogP contribution < -0.4 is 10.6 Å². The standard InChI is InChI=1S/C19H29N5O3/c1-5-12(2)20-16(25)14-10-15-17(26)23(4)19(3,11-24(15)22-14)18(27)21-13-8-6-7-9-13/h10,12-13H,5-9,11H2,1-4H3,(H,20,25)(H,21,27)/t12-,19+/m0/s1. The van der Waals surface area contributed by atoms with Crippen molar-refractivity contribution in [1.82, 2.24) is 25.3 Å². The maximum atomic E-state index is 12.9. The molecule has 2 aliphatic rings. The fourth-order valence-corrected chi connectivity index (χ4v) is 3.65. The molecule has 8 heteroatoms. The lowest BCUT2D eigenvalue weighted by atomic mass is 9.95. The van der Waals surface area contributed by atoms with E-state index in [1.807, 2.05) is 13.8 Å². The van der Waals surface area contributed by atoms with Gasteiger partial charge in [-0.05, 0) is 33.1 Å². The highest BCUT2D eigenvalue weighted by Crippen LogP contribution is 2.27. The zero-order valence-electron chi connectivity index (χ0n) is 16.5. The number of fused-ring (bicyclic) bond motifs is 1. The molecule has 8 nitrogen and oxygen atoms in total. The Balaban J connectivity index is 1.82. The molecule has 1 aliphatic heterocycles. The smallest absolute Gasteiger partial charge is 0.272 e. The van der Waals surface area contributed by atoms with E-state index in [0.29, 0.717) is 5.69 Å². The lowest BCUT2D eigenvalue weighted by Crippen LogP contribution is -2.63. The SMILES string of the molecule is CC[C@H](C)NC(=O)c1cc2n(n1)C[C@](C)(C(=O)NC1CCCC1)N(C)C2=O. The van der Waals surface area contributed by atoms with Crippen molar-refractivity contribution >= 4 is 17.7 Å². The van der Waals surface area contributed by atoms with Crippen LogP contribution in [0, 0.1) is 0 Å². The Morgan fingerprint density at radius 1 is 1.37 bits per heavy atom. The minimum Gasteiger partial charge on any atom is -0.351 e. The fraction of sp³-hybridized carbons (Fsp3) is 0.684. The molecule has 1 saturated carbocycles. The van der Waals surface area contributed by atoms with Crippen molar-refractivity contribution in [3.8, 4) is 0 Å².